The SMILES string of the molecule is C.CC[C@@H](C)C(=O)N[C@H]1CCC[C@H]2CCC(C(=O)N[C@@H]3CCCc4ccccc43)N2C1=O. The maximum absolute atomic E-state index is 13.4. The van der Waals surface area contributed by atoms with Crippen molar-refractivity contribution in [3.8, 4) is 0 Å². The molecule has 0 spiro atoms. The molecular weight excluding hydrogens is 402 g/mol. The number of benzene rings is 1. The molecule has 1 aromatic rings. The molecule has 2 heterocycles. The summed E-state index contributed by atoms with van der Waals surface area (Å²) in [7, 11) is 0. The lowest BCUT2D eigenvalue weighted by Crippen LogP contribution is -2.55. The zero-order valence-corrected chi connectivity index (χ0v) is 18.7. The van der Waals surface area contributed by atoms with Gasteiger partial charge >= 0.3 is 0 Å². The van der Waals surface area contributed by atoms with Crippen molar-refractivity contribution in [3.05, 3.63) is 35.4 Å². The van der Waals surface area contributed by atoms with Crippen LogP contribution in [0.1, 0.15) is 89.8 Å². The molecule has 0 aromatic heterocycles. The summed E-state index contributed by atoms with van der Waals surface area (Å²) in [5.41, 5.74) is 2.51. The molecule has 1 aliphatic carbocycles. The molecule has 5 atom stereocenters. The lowest BCUT2D eigenvalue weighted by atomic mass is 9.87. The predicted molar refractivity (Wildman–Crippen MR) is 126 cm³/mol. The predicted octanol–water partition coefficient (Wildman–Crippen LogP) is 3.89. The van der Waals surface area contributed by atoms with Crippen molar-refractivity contribution in [1.82, 2.24) is 15.5 Å². The van der Waals surface area contributed by atoms with Crippen LogP contribution in [0.5, 0.6) is 0 Å². The highest BCUT2D eigenvalue weighted by atomic mass is 16.2. The molecule has 0 bridgehead atoms. The van der Waals surface area contributed by atoms with E-state index in [1.54, 1.807) is 4.90 Å². The van der Waals surface area contributed by atoms with Gasteiger partial charge in [0.05, 0.1) is 6.04 Å². The lowest BCUT2D eigenvalue weighted by molar-refractivity contribution is -0.143. The van der Waals surface area contributed by atoms with Crippen molar-refractivity contribution in [1.29, 1.82) is 0 Å². The van der Waals surface area contributed by atoms with E-state index in [1.165, 1.54) is 11.1 Å². The first-order valence-electron chi connectivity index (χ1n) is 12.0. The second-order valence-corrected chi connectivity index (χ2v) is 9.45. The highest BCUT2D eigenvalue weighted by Gasteiger charge is 2.45. The van der Waals surface area contributed by atoms with Gasteiger partial charge in [0.15, 0.2) is 0 Å². The Morgan fingerprint density at radius 2 is 1.78 bits per heavy atom. The minimum Gasteiger partial charge on any atom is -0.347 e. The number of aryl methyl sites for hydroxylation is 1. The van der Waals surface area contributed by atoms with Crippen molar-refractivity contribution >= 4 is 17.7 Å². The van der Waals surface area contributed by atoms with Crippen molar-refractivity contribution in [3.63, 3.8) is 0 Å². The third kappa shape index (κ3) is 4.84. The number of hydrogen-bond acceptors (Lipinski definition) is 3. The Kier molecular flexibility index (Phi) is 7.96. The standard InChI is InChI=1S/C25H35N3O3.CH4/c1-3-16(2)23(29)27-21-13-7-10-18-14-15-22(28(18)25(21)31)24(30)26-20-12-6-9-17-8-4-5-11-19(17)20;/h4-5,8,11,16,18,20-22H,3,6-7,9-10,12-15H2,1-2H3,(H,26,30)(H,27,29);1H4/t16-,18+,20-,21+,22?;/m1./s1. The van der Waals surface area contributed by atoms with Crippen LogP contribution in [0.4, 0.5) is 0 Å². The van der Waals surface area contributed by atoms with E-state index in [0.717, 1.165) is 44.9 Å². The maximum Gasteiger partial charge on any atom is 0.246 e. The Bertz CT molecular complexity index is 839. The minimum absolute atomic E-state index is 0. The van der Waals surface area contributed by atoms with Crippen LogP contribution in [-0.4, -0.2) is 40.7 Å². The Morgan fingerprint density at radius 3 is 2.56 bits per heavy atom. The van der Waals surface area contributed by atoms with Crippen molar-refractivity contribution in [2.45, 2.75) is 103 Å². The van der Waals surface area contributed by atoms with Crippen LogP contribution in [0.2, 0.25) is 0 Å². The number of amides is 3. The van der Waals surface area contributed by atoms with E-state index in [1.807, 2.05) is 26.0 Å². The Hall–Kier alpha value is -2.37. The number of hydrogen-bond donors (Lipinski definition) is 2. The Balaban J connectivity index is 0.00000289. The molecule has 1 unspecified atom stereocenters. The molecule has 176 valence electrons. The van der Waals surface area contributed by atoms with E-state index in [2.05, 4.69) is 22.8 Å². The fraction of sp³-hybridized carbons (Fsp3) is 0.654. The van der Waals surface area contributed by atoms with Crippen LogP contribution in [-0.2, 0) is 20.8 Å². The highest BCUT2D eigenvalue weighted by Crippen LogP contribution is 2.34. The van der Waals surface area contributed by atoms with Gasteiger partial charge in [0.1, 0.15) is 12.1 Å². The van der Waals surface area contributed by atoms with Gasteiger partial charge in [-0.2, -0.15) is 0 Å². The van der Waals surface area contributed by atoms with Crippen molar-refractivity contribution < 1.29 is 14.4 Å². The monoisotopic (exact) mass is 441 g/mol. The van der Waals surface area contributed by atoms with E-state index in [4.69, 9.17) is 0 Å². The summed E-state index contributed by atoms with van der Waals surface area (Å²) >= 11 is 0. The number of fused-ring (bicyclic) bond motifs is 2. The summed E-state index contributed by atoms with van der Waals surface area (Å²) in [6, 6.07) is 7.48. The largest absolute Gasteiger partial charge is 0.347 e. The molecule has 3 aliphatic rings. The molecule has 2 aliphatic heterocycles. The van der Waals surface area contributed by atoms with Crippen molar-refractivity contribution in [2.24, 2.45) is 5.92 Å². The number of carbonyl (C=O) groups is 3. The second-order valence-electron chi connectivity index (χ2n) is 9.45. The summed E-state index contributed by atoms with van der Waals surface area (Å²) < 4.78 is 0. The molecule has 3 amide bonds. The Morgan fingerprint density at radius 1 is 1.03 bits per heavy atom. The molecule has 6 nitrogen and oxygen atoms in total. The summed E-state index contributed by atoms with van der Waals surface area (Å²) in [6.45, 7) is 3.85. The van der Waals surface area contributed by atoms with Gasteiger partial charge in [-0.15, -0.1) is 0 Å². The van der Waals surface area contributed by atoms with E-state index in [0.29, 0.717) is 12.8 Å². The van der Waals surface area contributed by atoms with Crippen LogP contribution in [0.15, 0.2) is 24.3 Å². The van der Waals surface area contributed by atoms with E-state index in [9.17, 15) is 14.4 Å². The first-order valence-corrected chi connectivity index (χ1v) is 12.0. The van der Waals surface area contributed by atoms with E-state index >= 15 is 0 Å². The van der Waals surface area contributed by atoms with Gasteiger partial charge in [0.25, 0.3) is 0 Å². The first kappa shape index (κ1) is 24.3. The second kappa shape index (κ2) is 10.5. The van der Waals surface area contributed by atoms with Gasteiger partial charge in [-0.05, 0) is 68.9 Å². The molecule has 4 rings (SSSR count). The zero-order chi connectivity index (χ0) is 22.0. The number of nitrogens with one attached hydrogen (secondary N) is 2. The molecular formula is C26H39N3O3. The third-order valence-corrected chi connectivity index (χ3v) is 7.45. The molecule has 1 aromatic carbocycles. The smallest absolute Gasteiger partial charge is 0.246 e. The van der Waals surface area contributed by atoms with Crippen LogP contribution < -0.4 is 10.6 Å². The molecule has 0 saturated carbocycles. The Labute approximate surface area is 192 Å². The average Bonchev–Trinajstić information content (AvgIpc) is 3.15. The normalized spacial score (nSPS) is 27.9. The van der Waals surface area contributed by atoms with Gasteiger partial charge in [-0.1, -0.05) is 45.5 Å². The molecule has 2 N–H and O–H groups in total. The highest BCUT2D eigenvalue weighted by molar-refractivity contribution is 5.93. The average molecular weight is 442 g/mol. The van der Waals surface area contributed by atoms with Crippen LogP contribution in [0.25, 0.3) is 0 Å². The van der Waals surface area contributed by atoms with Crippen LogP contribution in [0, 0.1) is 5.92 Å². The molecule has 6 heteroatoms. The number of rotatable bonds is 5. The minimum atomic E-state index is -0.518. The fourth-order valence-electron chi connectivity index (χ4n) is 5.42. The topological polar surface area (TPSA) is 78.5 Å². The fourth-order valence-corrected chi connectivity index (χ4v) is 5.42. The molecule has 2 saturated heterocycles. The number of carbonyl (C=O) groups excluding carboxylic acids is 3. The molecule has 32 heavy (non-hydrogen) atoms. The zero-order valence-electron chi connectivity index (χ0n) is 18.7. The molecule has 2 fully saturated rings. The van der Waals surface area contributed by atoms with Gasteiger partial charge < -0.3 is 15.5 Å². The first-order chi connectivity index (χ1) is 15.0. The summed E-state index contributed by atoms with van der Waals surface area (Å²) in [5, 5.41) is 6.22. The van der Waals surface area contributed by atoms with Gasteiger partial charge in [-0.25, -0.2) is 0 Å². The van der Waals surface area contributed by atoms with Crippen LogP contribution >= 0.6 is 0 Å². The van der Waals surface area contributed by atoms with Crippen LogP contribution in [0.3, 0.4) is 0 Å². The summed E-state index contributed by atoms with van der Waals surface area (Å²) in [6.07, 6.45) is 7.78. The quantitative estimate of drug-likeness (QED) is 0.728. The van der Waals surface area contributed by atoms with E-state index < -0.39 is 12.1 Å². The van der Waals surface area contributed by atoms with Gasteiger partial charge in [0.2, 0.25) is 17.7 Å². The van der Waals surface area contributed by atoms with Crippen molar-refractivity contribution in [2.75, 3.05) is 0 Å². The van der Waals surface area contributed by atoms with Gasteiger partial charge in [-0.3, -0.25) is 14.4 Å². The number of nitrogens with zero attached hydrogens (tertiary/aromatic N) is 1. The van der Waals surface area contributed by atoms with Gasteiger partial charge in [0, 0.05) is 12.0 Å². The maximum atomic E-state index is 13.4. The third-order valence-electron chi connectivity index (χ3n) is 7.45. The molecule has 0 radical (unpaired) electrons. The summed E-state index contributed by atoms with van der Waals surface area (Å²) in [5.74, 6) is -0.318. The lowest BCUT2D eigenvalue weighted by Gasteiger charge is -2.33. The summed E-state index contributed by atoms with van der Waals surface area (Å²) in [4.78, 5) is 41.0. The van der Waals surface area contributed by atoms with E-state index in [-0.39, 0.29) is 43.1 Å².